The number of nitrogens with two attached hydrogens (primary N) is 1. The van der Waals surface area contributed by atoms with Crippen molar-refractivity contribution in [1.29, 1.82) is 0 Å². The van der Waals surface area contributed by atoms with Gasteiger partial charge < -0.3 is 15.2 Å². The van der Waals surface area contributed by atoms with Crippen LogP contribution in [0.15, 0.2) is 36.4 Å². The molecular weight excluding hydrogens is 374 g/mol. The fraction of sp³-hybridized carbons (Fsp3) is 0.435. The maximum Gasteiger partial charge on any atom is 0.254 e. The van der Waals surface area contributed by atoms with Crippen molar-refractivity contribution >= 4 is 17.5 Å². The van der Waals surface area contributed by atoms with Crippen LogP contribution in [0.4, 0.5) is 0 Å². The number of hydrogen-bond acceptors (Lipinski definition) is 3. The first-order chi connectivity index (χ1) is 13.1. The molecule has 0 aliphatic carbocycles. The third-order valence-corrected chi connectivity index (χ3v) is 5.40. The van der Waals surface area contributed by atoms with Gasteiger partial charge in [0.25, 0.3) is 5.91 Å². The number of ether oxygens (including phenoxy) is 2. The SMILES string of the molecule is COC(C)(C(N)=O)c1ccc(Cl)cc1COc1cc(C(C)C)ccc1C(C)C. The second-order valence-corrected chi connectivity index (χ2v) is 8.23. The van der Waals surface area contributed by atoms with E-state index in [-0.39, 0.29) is 6.61 Å². The normalized spacial score (nSPS) is 13.6. The highest BCUT2D eigenvalue weighted by Crippen LogP contribution is 2.33. The Morgan fingerprint density at radius 2 is 1.79 bits per heavy atom. The Morgan fingerprint density at radius 3 is 2.32 bits per heavy atom. The van der Waals surface area contributed by atoms with E-state index >= 15 is 0 Å². The summed E-state index contributed by atoms with van der Waals surface area (Å²) >= 11 is 6.21. The largest absolute Gasteiger partial charge is 0.489 e. The maximum absolute atomic E-state index is 12.1. The van der Waals surface area contributed by atoms with Crippen LogP contribution in [-0.4, -0.2) is 13.0 Å². The van der Waals surface area contributed by atoms with Crippen molar-refractivity contribution in [3.05, 3.63) is 63.7 Å². The van der Waals surface area contributed by atoms with Gasteiger partial charge in [0.1, 0.15) is 12.4 Å². The second-order valence-electron chi connectivity index (χ2n) is 7.80. The molecule has 1 unspecified atom stereocenters. The summed E-state index contributed by atoms with van der Waals surface area (Å²) in [6.07, 6.45) is 0. The van der Waals surface area contributed by atoms with Gasteiger partial charge in [-0.05, 0) is 59.2 Å². The third-order valence-electron chi connectivity index (χ3n) is 5.17. The van der Waals surface area contributed by atoms with E-state index in [2.05, 4.69) is 45.9 Å². The summed E-state index contributed by atoms with van der Waals surface area (Å²) in [7, 11) is 1.47. The van der Waals surface area contributed by atoms with Gasteiger partial charge in [-0.1, -0.05) is 57.5 Å². The predicted octanol–water partition coefficient (Wildman–Crippen LogP) is 5.51. The number of amides is 1. The van der Waals surface area contributed by atoms with Crippen LogP contribution in [-0.2, 0) is 21.7 Å². The van der Waals surface area contributed by atoms with Crippen LogP contribution in [0.1, 0.15) is 68.7 Å². The highest BCUT2D eigenvalue weighted by Gasteiger charge is 2.35. The van der Waals surface area contributed by atoms with E-state index in [0.717, 1.165) is 16.9 Å². The molecule has 0 fully saturated rings. The lowest BCUT2D eigenvalue weighted by Crippen LogP contribution is -2.41. The summed E-state index contributed by atoms with van der Waals surface area (Å²) in [5, 5.41) is 0.560. The number of carbonyl (C=O) groups excluding carboxylic acids is 1. The standard InChI is InChI=1S/C23H30ClNO3/c1-14(2)16-7-9-19(15(3)4)21(12-16)28-13-17-11-18(24)8-10-20(17)23(5,27-6)22(25)26/h7-12,14-15H,13H2,1-6H3,(H2,25,26). The molecule has 5 heteroatoms. The van der Waals surface area contributed by atoms with Crippen molar-refractivity contribution in [2.24, 2.45) is 5.73 Å². The summed E-state index contributed by atoms with van der Waals surface area (Å²) in [4.78, 5) is 12.1. The Morgan fingerprint density at radius 1 is 1.11 bits per heavy atom. The highest BCUT2D eigenvalue weighted by atomic mass is 35.5. The number of halogens is 1. The minimum absolute atomic E-state index is 0.253. The van der Waals surface area contributed by atoms with E-state index in [4.69, 9.17) is 26.8 Å². The van der Waals surface area contributed by atoms with Gasteiger partial charge in [0.2, 0.25) is 0 Å². The quantitative estimate of drug-likeness (QED) is 0.631. The van der Waals surface area contributed by atoms with Gasteiger partial charge in [0.05, 0.1) is 0 Å². The Bertz CT molecular complexity index is 848. The van der Waals surface area contributed by atoms with E-state index in [1.165, 1.54) is 12.7 Å². The minimum Gasteiger partial charge on any atom is -0.489 e. The summed E-state index contributed by atoms with van der Waals surface area (Å²) < 4.78 is 11.7. The zero-order chi connectivity index (χ0) is 21.1. The van der Waals surface area contributed by atoms with Crippen LogP contribution in [0.3, 0.4) is 0 Å². The third kappa shape index (κ3) is 4.68. The molecule has 0 aromatic heterocycles. The summed E-state index contributed by atoms with van der Waals surface area (Å²) in [5.41, 5.74) is 8.11. The van der Waals surface area contributed by atoms with Crippen LogP contribution >= 0.6 is 11.6 Å². The Hall–Kier alpha value is -2.04. The molecule has 0 saturated carbocycles. The summed E-state index contributed by atoms with van der Waals surface area (Å²) in [6, 6.07) is 11.6. The van der Waals surface area contributed by atoms with E-state index in [1.807, 2.05) is 0 Å². The molecule has 28 heavy (non-hydrogen) atoms. The average molecular weight is 404 g/mol. The molecule has 0 saturated heterocycles. The van der Waals surface area contributed by atoms with Gasteiger partial charge >= 0.3 is 0 Å². The van der Waals surface area contributed by atoms with Gasteiger partial charge in [-0.25, -0.2) is 0 Å². The molecule has 2 N–H and O–H groups in total. The first-order valence-corrected chi connectivity index (χ1v) is 9.88. The maximum atomic E-state index is 12.1. The molecule has 0 aliphatic rings. The van der Waals surface area contributed by atoms with Crippen LogP contribution in [0.5, 0.6) is 5.75 Å². The van der Waals surface area contributed by atoms with Crippen molar-refractivity contribution < 1.29 is 14.3 Å². The Labute approximate surface area is 173 Å². The molecule has 0 aliphatic heterocycles. The molecular formula is C23H30ClNO3. The van der Waals surface area contributed by atoms with E-state index in [9.17, 15) is 4.79 Å². The van der Waals surface area contributed by atoms with Gasteiger partial charge in [-0.3, -0.25) is 4.79 Å². The van der Waals surface area contributed by atoms with Crippen LogP contribution in [0, 0.1) is 0 Å². The number of carbonyl (C=O) groups is 1. The average Bonchev–Trinajstić information content (AvgIpc) is 2.65. The Kier molecular flexibility index (Phi) is 7.13. The lowest BCUT2D eigenvalue weighted by molar-refractivity contribution is -0.139. The molecule has 152 valence electrons. The van der Waals surface area contributed by atoms with Crippen molar-refractivity contribution in [2.75, 3.05) is 7.11 Å². The number of primary amides is 1. The number of benzene rings is 2. The fourth-order valence-electron chi connectivity index (χ4n) is 3.16. The lowest BCUT2D eigenvalue weighted by Gasteiger charge is -2.27. The zero-order valence-corrected chi connectivity index (χ0v) is 18.3. The highest BCUT2D eigenvalue weighted by molar-refractivity contribution is 6.30. The molecule has 0 radical (unpaired) electrons. The molecule has 1 amide bonds. The first-order valence-electron chi connectivity index (χ1n) is 9.50. The van der Waals surface area contributed by atoms with Crippen molar-refractivity contribution in [1.82, 2.24) is 0 Å². The van der Waals surface area contributed by atoms with Crippen LogP contribution in [0.2, 0.25) is 5.02 Å². The van der Waals surface area contributed by atoms with Crippen molar-refractivity contribution in [2.45, 2.75) is 58.7 Å². The van der Waals surface area contributed by atoms with Gasteiger partial charge in [-0.15, -0.1) is 0 Å². The monoisotopic (exact) mass is 403 g/mol. The molecule has 1 atom stereocenters. The Balaban J connectivity index is 2.44. The molecule has 2 aromatic carbocycles. The summed E-state index contributed by atoms with van der Waals surface area (Å²) in [6.45, 7) is 10.5. The molecule has 4 nitrogen and oxygen atoms in total. The number of methoxy groups -OCH3 is 1. The van der Waals surface area contributed by atoms with E-state index in [1.54, 1.807) is 25.1 Å². The topological polar surface area (TPSA) is 61.5 Å². The number of hydrogen-bond donors (Lipinski definition) is 1. The molecule has 2 rings (SSSR count). The van der Waals surface area contributed by atoms with Crippen molar-refractivity contribution in [3.8, 4) is 5.75 Å². The predicted molar refractivity (Wildman–Crippen MR) is 114 cm³/mol. The molecule has 0 spiro atoms. The molecule has 2 aromatic rings. The smallest absolute Gasteiger partial charge is 0.254 e. The van der Waals surface area contributed by atoms with Crippen LogP contribution < -0.4 is 10.5 Å². The molecule has 0 heterocycles. The van der Waals surface area contributed by atoms with Crippen LogP contribution in [0.25, 0.3) is 0 Å². The van der Waals surface area contributed by atoms with Gasteiger partial charge in [0.15, 0.2) is 5.60 Å². The molecule has 0 bridgehead atoms. The first kappa shape index (κ1) is 22.3. The van der Waals surface area contributed by atoms with Crippen molar-refractivity contribution in [3.63, 3.8) is 0 Å². The summed E-state index contributed by atoms with van der Waals surface area (Å²) in [5.74, 6) is 0.996. The zero-order valence-electron chi connectivity index (χ0n) is 17.5. The minimum atomic E-state index is -1.26. The number of rotatable bonds is 8. The van der Waals surface area contributed by atoms with Gasteiger partial charge in [-0.2, -0.15) is 0 Å². The van der Waals surface area contributed by atoms with E-state index < -0.39 is 11.5 Å². The lowest BCUT2D eigenvalue weighted by atomic mass is 9.90. The van der Waals surface area contributed by atoms with Gasteiger partial charge in [0, 0.05) is 12.1 Å². The fourth-order valence-corrected chi connectivity index (χ4v) is 3.35. The second kappa shape index (κ2) is 8.97. The van der Waals surface area contributed by atoms with E-state index in [0.29, 0.717) is 22.4 Å².